The van der Waals surface area contributed by atoms with E-state index in [2.05, 4.69) is 34.7 Å². The number of hydrogen-bond donors (Lipinski definition) is 2. The number of aryl methyl sites for hydroxylation is 2. The molecule has 2 aromatic rings. The number of hydrazine groups is 1. The summed E-state index contributed by atoms with van der Waals surface area (Å²) < 4.78 is 2.01. The Morgan fingerprint density at radius 2 is 2.11 bits per heavy atom. The summed E-state index contributed by atoms with van der Waals surface area (Å²) in [6.45, 7) is 0. The first kappa shape index (κ1) is 12.8. The van der Waals surface area contributed by atoms with Gasteiger partial charge >= 0.3 is 0 Å². The van der Waals surface area contributed by atoms with Crippen LogP contribution in [0.5, 0.6) is 0 Å². The van der Waals surface area contributed by atoms with Crippen molar-refractivity contribution in [2.45, 2.75) is 25.3 Å². The third-order valence-electron chi connectivity index (χ3n) is 3.17. The summed E-state index contributed by atoms with van der Waals surface area (Å²) in [6.07, 6.45) is 6.89. The maximum absolute atomic E-state index is 5.61. The molecular formula is C14H20N4. The molecule has 1 aromatic carbocycles. The lowest BCUT2D eigenvalue weighted by atomic mass is 10.0. The lowest BCUT2D eigenvalue weighted by Gasteiger charge is -2.15. The van der Waals surface area contributed by atoms with Gasteiger partial charge in [-0.3, -0.25) is 5.84 Å². The van der Waals surface area contributed by atoms with Crippen molar-refractivity contribution in [3.05, 3.63) is 54.1 Å². The van der Waals surface area contributed by atoms with Gasteiger partial charge in [0.2, 0.25) is 0 Å². The molecule has 4 heteroatoms. The predicted octanol–water partition coefficient (Wildman–Crippen LogP) is 1.95. The Kier molecular flexibility index (Phi) is 4.50. The number of hydrogen-bond acceptors (Lipinski definition) is 3. The molecule has 1 aromatic heterocycles. The Labute approximate surface area is 108 Å². The van der Waals surface area contributed by atoms with Crippen molar-refractivity contribution in [1.29, 1.82) is 0 Å². The molecule has 1 atom stereocenters. The lowest BCUT2D eigenvalue weighted by molar-refractivity contribution is 0.464. The molecule has 0 amide bonds. The highest BCUT2D eigenvalue weighted by molar-refractivity contribution is 5.14. The maximum atomic E-state index is 5.61. The first-order chi connectivity index (χ1) is 8.81. The largest absolute Gasteiger partial charge is 0.337 e. The van der Waals surface area contributed by atoms with Crippen LogP contribution in [-0.2, 0) is 13.5 Å². The topological polar surface area (TPSA) is 55.9 Å². The minimum Gasteiger partial charge on any atom is -0.337 e. The van der Waals surface area contributed by atoms with E-state index in [0.29, 0.717) is 0 Å². The molecule has 0 aliphatic heterocycles. The Morgan fingerprint density at radius 3 is 2.72 bits per heavy atom. The minimum absolute atomic E-state index is 0.119. The van der Waals surface area contributed by atoms with Crippen molar-refractivity contribution in [3.8, 4) is 0 Å². The van der Waals surface area contributed by atoms with Gasteiger partial charge < -0.3 is 4.57 Å². The van der Waals surface area contributed by atoms with Gasteiger partial charge in [0.05, 0.1) is 6.04 Å². The normalized spacial score (nSPS) is 12.6. The molecule has 0 aliphatic rings. The summed E-state index contributed by atoms with van der Waals surface area (Å²) in [5.74, 6) is 6.60. The van der Waals surface area contributed by atoms with Crippen LogP contribution in [0.2, 0.25) is 0 Å². The molecule has 3 N–H and O–H groups in total. The van der Waals surface area contributed by atoms with E-state index in [1.54, 1.807) is 6.20 Å². The average molecular weight is 244 g/mol. The summed E-state index contributed by atoms with van der Waals surface area (Å²) in [5.41, 5.74) is 4.22. The van der Waals surface area contributed by atoms with Crippen LogP contribution < -0.4 is 11.3 Å². The second-order valence-corrected chi connectivity index (χ2v) is 4.49. The molecule has 18 heavy (non-hydrogen) atoms. The van der Waals surface area contributed by atoms with Gasteiger partial charge in [-0.25, -0.2) is 10.4 Å². The lowest BCUT2D eigenvalue weighted by Crippen LogP contribution is -2.30. The van der Waals surface area contributed by atoms with E-state index in [0.717, 1.165) is 25.1 Å². The van der Waals surface area contributed by atoms with E-state index < -0.39 is 0 Å². The summed E-state index contributed by atoms with van der Waals surface area (Å²) in [4.78, 5) is 4.33. The zero-order chi connectivity index (χ0) is 12.8. The van der Waals surface area contributed by atoms with Crippen molar-refractivity contribution in [1.82, 2.24) is 15.0 Å². The summed E-state index contributed by atoms with van der Waals surface area (Å²) in [6, 6.07) is 10.6. The Balaban J connectivity index is 1.87. The first-order valence-electron chi connectivity index (χ1n) is 6.28. The van der Waals surface area contributed by atoms with Gasteiger partial charge in [0, 0.05) is 19.4 Å². The molecule has 0 fully saturated rings. The average Bonchev–Trinajstić information content (AvgIpc) is 2.82. The van der Waals surface area contributed by atoms with Crippen LogP contribution in [-0.4, -0.2) is 9.55 Å². The minimum atomic E-state index is 0.119. The van der Waals surface area contributed by atoms with Crippen molar-refractivity contribution in [2.24, 2.45) is 12.9 Å². The number of benzene rings is 1. The van der Waals surface area contributed by atoms with Gasteiger partial charge in [0.1, 0.15) is 5.82 Å². The second kappa shape index (κ2) is 6.33. The van der Waals surface area contributed by atoms with Gasteiger partial charge in [0.25, 0.3) is 0 Å². The summed E-state index contributed by atoms with van der Waals surface area (Å²) in [5, 5.41) is 0. The second-order valence-electron chi connectivity index (χ2n) is 4.49. The van der Waals surface area contributed by atoms with Crippen LogP contribution >= 0.6 is 0 Å². The molecule has 0 aliphatic carbocycles. The van der Waals surface area contributed by atoms with Gasteiger partial charge in [-0.15, -0.1) is 0 Å². The van der Waals surface area contributed by atoms with E-state index >= 15 is 0 Å². The Bertz CT molecular complexity index is 464. The molecule has 4 nitrogen and oxygen atoms in total. The zero-order valence-electron chi connectivity index (χ0n) is 10.7. The van der Waals surface area contributed by atoms with E-state index in [1.807, 2.05) is 23.9 Å². The number of nitrogens with two attached hydrogens (primary N) is 1. The number of imidazole rings is 1. The third-order valence-corrected chi connectivity index (χ3v) is 3.17. The van der Waals surface area contributed by atoms with Crippen molar-refractivity contribution < 1.29 is 0 Å². The summed E-state index contributed by atoms with van der Waals surface area (Å²) >= 11 is 0. The fraction of sp³-hybridized carbons (Fsp3) is 0.357. The molecule has 1 heterocycles. The highest BCUT2D eigenvalue weighted by Gasteiger charge is 2.13. The molecule has 1 unspecified atom stereocenters. The van der Waals surface area contributed by atoms with Gasteiger partial charge in [-0.05, 0) is 24.8 Å². The van der Waals surface area contributed by atoms with E-state index in [4.69, 9.17) is 5.84 Å². The fourth-order valence-corrected chi connectivity index (χ4v) is 2.15. The van der Waals surface area contributed by atoms with E-state index in [-0.39, 0.29) is 6.04 Å². The SMILES string of the molecule is Cn1ccnc1C(CCCc1ccccc1)NN. The molecule has 2 rings (SSSR count). The number of nitrogens with zero attached hydrogens (tertiary/aromatic N) is 2. The van der Waals surface area contributed by atoms with Gasteiger partial charge in [-0.2, -0.15) is 0 Å². The standard InChI is InChI=1S/C14H20N4/c1-18-11-10-16-14(18)13(17-15)9-5-8-12-6-3-2-4-7-12/h2-4,6-7,10-11,13,17H,5,8-9,15H2,1H3. The van der Waals surface area contributed by atoms with Crippen LogP contribution in [0.25, 0.3) is 0 Å². The smallest absolute Gasteiger partial charge is 0.126 e. The molecule has 0 saturated heterocycles. The summed E-state index contributed by atoms with van der Waals surface area (Å²) in [7, 11) is 1.99. The zero-order valence-corrected chi connectivity index (χ0v) is 10.7. The quantitative estimate of drug-likeness (QED) is 0.603. The van der Waals surface area contributed by atoms with Crippen LogP contribution in [0, 0.1) is 0 Å². The van der Waals surface area contributed by atoms with Crippen molar-refractivity contribution in [3.63, 3.8) is 0 Å². The highest BCUT2D eigenvalue weighted by atomic mass is 15.3. The van der Waals surface area contributed by atoms with Crippen LogP contribution in [0.1, 0.15) is 30.3 Å². The van der Waals surface area contributed by atoms with Gasteiger partial charge in [-0.1, -0.05) is 30.3 Å². The highest BCUT2D eigenvalue weighted by Crippen LogP contribution is 2.16. The molecule has 0 saturated carbocycles. The number of nitrogens with one attached hydrogen (secondary N) is 1. The molecule has 96 valence electrons. The Morgan fingerprint density at radius 1 is 1.33 bits per heavy atom. The van der Waals surface area contributed by atoms with Crippen LogP contribution in [0.15, 0.2) is 42.7 Å². The van der Waals surface area contributed by atoms with E-state index in [9.17, 15) is 0 Å². The van der Waals surface area contributed by atoms with Crippen LogP contribution in [0.3, 0.4) is 0 Å². The molecule has 0 radical (unpaired) electrons. The van der Waals surface area contributed by atoms with Crippen molar-refractivity contribution in [2.75, 3.05) is 0 Å². The predicted molar refractivity (Wildman–Crippen MR) is 72.7 cm³/mol. The molecule has 0 spiro atoms. The van der Waals surface area contributed by atoms with Crippen molar-refractivity contribution >= 4 is 0 Å². The van der Waals surface area contributed by atoms with Gasteiger partial charge in [0.15, 0.2) is 0 Å². The monoisotopic (exact) mass is 244 g/mol. The Hall–Kier alpha value is -1.65. The van der Waals surface area contributed by atoms with Crippen LogP contribution in [0.4, 0.5) is 0 Å². The molecule has 0 bridgehead atoms. The fourth-order valence-electron chi connectivity index (χ4n) is 2.15. The third kappa shape index (κ3) is 3.18. The molecular weight excluding hydrogens is 224 g/mol. The first-order valence-corrected chi connectivity index (χ1v) is 6.28. The van der Waals surface area contributed by atoms with E-state index in [1.165, 1.54) is 5.56 Å². The number of rotatable bonds is 6. The maximum Gasteiger partial charge on any atom is 0.126 e. The number of aromatic nitrogens is 2.